The van der Waals surface area contributed by atoms with Crippen molar-refractivity contribution in [1.29, 1.82) is 0 Å². The average molecular weight is 533 g/mol. The number of benzene rings is 1. The Labute approximate surface area is 193 Å². The van der Waals surface area contributed by atoms with Crippen molar-refractivity contribution >= 4 is 37.6 Å². The Balaban J connectivity index is 2.19. The van der Waals surface area contributed by atoms with Crippen LogP contribution in [0.15, 0.2) is 49.7 Å². The molecule has 1 aromatic heterocycles. The molecule has 0 aliphatic heterocycles. The Morgan fingerprint density at radius 3 is 2.69 bits per heavy atom. The molecule has 7 N–H and O–H groups in total. The lowest BCUT2D eigenvalue weighted by Gasteiger charge is -2.18. The van der Waals surface area contributed by atoms with E-state index in [-0.39, 0.29) is 42.0 Å². The van der Waals surface area contributed by atoms with E-state index in [0.717, 1.165) is 0 Å². The van der Waals surface area contributed by atoms with E-state index in [1.807, 2.05) is 0 Å². The molecule has 2 rings (SSSR count). The first kappa shape index (κ1) is 25.5. The number of hydrogen-bond acceptors (Lipinski definition) is 8. The third kappa shape index (κ3) is 6.85. The first-order valence-electron chi connectivity index (χ1n) is 9.24. The van der Waals surface area contributed by atoms with Crippen LogP contribution in [-0.2, 0) is 21.4 Å². The van der Waals surface area contributed by atoms with Gasteiger partial charge in [0.2, 0.25) is 5.96 Å². The standard InChI is InChI=1S/C18H25BrN6O6S/c1-11-3-5-13(24-32(28,29)15-9-12(19)4-6-14(15)30-2)17(27)25(11)10-16(26)22-7-8-31-23-18(20)21/h3-6,9,16,22,24,26H,7-8,10H2,1-2H3,(H4,20,21,23). The van der Waals surface area contributed by atoms with Gasteiger partial charge in [-0.3, -0.25) is 14.8 Å². The van der Waals surface area contributed by atoms with Crippen molar-refractivity contribution < 1.29 is 23.1 Å². The van der Waals surface area contributed by atoms with Gasteiger partial charge in [0.05, 0.1) is 13.7 Å². The summed E-state index contributed by atoms with van der Waals surface area (Å²) in [6, 6.07) is 7.41. The Kier molecular flexibility index (Phi) is 8.89. The number of aliphatic hydroxyl groups is 1. The number of sulfonamides is 1. The number of methoxy groups -OCH3 is 1. The van der Waals surface area contributed by atoms with Crippen LogP contribution in [-0.4, -0.2) is 50.5 Å². The summed E-state index contributed by atoms with van der Waals surface area (Å²) in [4.78, 5) is 17.5. The minimum Gasteiger partial charge on any atom is -0.495 e. The molecule has 1 heterocycles. The Bertz CT molecular complexity index is 1130. The number of hydrogen-bond donors (Lipinski definition) is 5. The van der Waals surface area contributed by atoms with Crippen molar-refractivity contribution in [3.05, 3.63) is 50.9 Å². The van der Waals surface area contributed by atoms with E-state index in [1.54, 1.807) is 19.1 Å². The van der Waals surface area contributed by atoms with Gasteiger partial charge in [0, 0.05) is 16.7 Å². The predicted octanol–water partition coefficient (Wildman–Crippen LogP) is -0.158. The third-order valence-electron chi connectivity index (χ3n) is 4.15. The second kappa shape index (κ2) is 11.2. The summed E-state index contributed by atoms with van der Waals surface area (Å²) in [6.07, 6.45) is -1.12. The second-order valence-electron chi connectivity index (χ2n) is 6.52. The summed E-state index contributed by atoms with van der Waals surface area (Å²) in [5.41, 5.74) is 9.97. The van der Waals surface area contributed by atoms with E-state index < -0.39 is 21.8 Å². The van der Waals surface area contributed by atoms with Crippen molar-refractivity contribution in [2.45, 2.75) is 24.6 Å². The molecule has 0 aliphatic carbocycles. The lowest BCUT2D eigenvalue weighted by Crippen LogP contribution is -2.39. The van der Waals surface area contributed by atoms with Crippen LogP contribution >= 0.6 is 15.9 Å². The van der Waals surface area contributed by atoms with Gasteiger partial charge in [0.25, 0.3) is 15.6 Å². The lowest BCUT2D eigenvalue weighted by molar-refractivity contribution is 0.0905. The zero-order chi connectivity index (χ0) is 23.9. The monoisotopic (exact) mass is 532 g/mol. The highest BCUT2D eigenvalue weighted by molar-refractivity contribution is 9.10. The van der Waals surface area contributed by atoms with Gasteiger partial charge in [-0.15, -0.1) is 0 Å². The van der Waals surface area contributed by atoms with E-state index in [2.05, 4.69) is 31.1 Å². The topological polar surface area (TPSA) is 183 Å². The first-order valence-corrected chi connectivity index (χ1v) is 11.5. The summed E-state index contributed by atoms with van der Waals surface area (Å²) in [5, 5.41) is 16.3. The number of halogens is 1. The van der Waals surface area contributed by atoms with Gasteiger partial charge in [-0.1, -0.05) is 15.9 Å². The van der Waals surface area contributed by atoms with Crippen LogP contribution in [0, 0.1) is 6.92 Å². The number of aromatic nitrogens is 1. The lowest BCUT2D eigenvalue weighted by atomic mass is 10.3. The molecule has 0 amide bonds. The van der Waals surface area contributed by atoms with E-state index in [0.29, 0.717) is 10.2 Å². The number of nitrogens with one attached hydrogen (secondary N) is 2. The summed E-state index contributed by atoms with van der Waals surface area (Å²) in [6.45, 7) is 1.80. The third-order valence-corrected chi connectivity index (χ3v) is 6.03. The van der Waals surface area contributed by atoms with Crippen LogP contribution in [0.3, 0.4) is 0 Å². The largest absolute Gasteiger partial charge is 0.495 e. The SMILES string of the molecule is COc1ccc(Br)cc1S(=O)(=O)Nc1ccc(C)n(CC(O)NCCON=C(N)N)c1=O. The molecule has 0 aliphatic rings. The number of pyridine rings is 1. The molecule has 1 atom stereocenters. The fourth-order valence-electron chi connectivity index (χ4n) is 2.66. The average Bonchev–Trinajstić information content (AvgIpc) is 2.72. The second-order valence-corrected chi connectivity index (χ2v) is 9.09. The van der Waals surface area contributed by atoms with Crippen LogP contribution in [0.4, 0.5) is 5.69 Å². The number of oxime groups is 1. The van der Waals surface area contributed by atoms with Gasteiger partial charge in [0.15, 0.2) is 0 Å². The fraction of sp³-hybridized carbons (Fsp3) is 0.333. The maximum atomic E-state index is 12.9. The minimum atomic E-state index is -4.13. The van der Waals surface area contributed by atoms with E-state index in [9.17, 15) is 18.3 Å². The Hall–Kier alpha value is -2.81. The molecule has 1 aromatic carbocycles. The maximum absolute atomic E-state index is 12.9. The molecule has 0 saturated heterocycles. The van der Waals surface area contributed by atoms with Crippen molar-refractivity contribution in [3.8, 4) is 5.75 Å². The van der Waals surface area contributed by atoms with Crippen LogP contribution in [0.2, 0.25) is 0 Å². The normalized spacial score (nSPS) is 12.1. The van der Waals surface area contributed by atoms with E-state index in [4.69, 9.17) is 21.0 Å². The van der Waals surface area contributed by atoms with Gasteiger partial charge < -0.3 is 30.7 Å². The molecule has 2 aromatic rings. The molecule has 0 radical (unpaired) electrons. The number of rotatable bonds is 11. The molecule has 0 saturated carbocycles. The summed E-state index contributed by atoms with van der Waals surface area (Å²) in [5.74, 6) is -0.108. The molecule has 12 nitrogen and oxygen atoms in total. The molecular formula is C18H25BrN6O6S. The molecule has 176 valence electrons. The van der Waals surface area contributed by atoms with Gasteiger partial charge in [0.1, 0.15) is 29.2 Å². The molecule has 32 heavy (non-hydrogen) atoms. The number of nitrogens with zero attached hydrogens (tertiary/aromatic N) is 2. The van der Waals surface area contributed by atoms with Gasteiger partial charge >= 0.3 is 0 Å². The van der Waals surface area contributed by atoms with Crippen LogP contribution in [0.1, 0.15) is 5.69 Å². The van der Waals surface area contributed by atoms with Crippen molar-refractivity contribution in [3.63, 3.8) is 0 Å². The molecular weight excluding hydrogens is 508 g/mol. The summed E-state index contributed by atoms with van der Waals surface area (Å²) in [7, 11) is -2.79. The quantitative estimate of drug-likeness (QED) is 0.0861. The van der Waals surface area contributed by atoms with E-state index >= 15 is 0 Å². The van der Waals surface area contributed by atoms with Crippen LogP contribution in [0.5, 0.6) is 5.75 Å². The number of nitrogens with two attached hydrogens (primary N) is 2. The Morgan fingerprint density at radius 2 is 2.03 bits per heavy atom. The first-order chi connectivity index (χ1) is 15.0. The number of aliphatic hydroxyl groups excluding tert-OH is 1. The summed E-state index contributed by atoms with van der Waals surface area (Å²) < 4.78 is 35.0. The molecule has 0 spiro atoms. The highest BCUT2D eigenvalue weighted by Crippen LogP contribution is 2.28. The van der Waals surface area contributed by atoms with Crippen molar-refractivity contribution in [1.82, 2.24) is 9.88 Å². The highest BCUT2D eigenvalue weighted by atomic mass is 79.9. The molecule has 1 unspecified atom stereocenters. The smallest absolute Gasteiger partial charge is 0.275 e. The Morgan fingerprint density at radius 1 is 1.31 bits per heavy atom. The minimum absolute atomic E-state index is 0.0805. The van der Waals surface area contributed by atoms with Crippen molar-refractivity contribution in [2.75, 3.05) is 25.0 Å². The molecule has 14 heteroatoms. The zero-order valence-electron chi connectivity index (χ0n) is 17.4. The molecule has 0 bridgehead atoms. The fourth-order valence-corrected chi connectivity index (χ4v) is 4.43. The van der Waals surface area contributed by atoms with Gasteiger partial charge in [-0.2, -0.15) is 0 Å². The van der Waals surface area contributed by atoms with Crippen LogP contribution < -0.4 is 31.8 Å². The van der Waals surface area contributed by atoms with E-state index in [1.165, 1.54) is 29.9 Å². The maximum Gasteiger partial charge on any atom is 0.275 e. The zero-order valence-corrected chi connectivity index (χ0v) is 19.8. The molecule has 0 fully saturated rings. The van der Waals surface area contributed by atoms with Gasteiger partial charge in [-0.25, -0.2) is 8.42 Å². The number of guanidine groups is 1. The van der Waals surface area contributed by atoms with Gasteiger partial charge in [-0.05, 0) is 42.4 Å². The van der Waals surface area contributed by atoms with Crippen LogP contribution in [0.25, 0.3) is 0 Å². The summed E-state index contributed by atoms with van der Waals surface area (Å²) >= 11 is 3.23. The van der Waals surface area contributed by atoms with Crippen molar-refractivity contribution in [2.24, 2.45) is 16.6 Å². The number of ether oxygens (including phenoxy) is 1. The number of aryl methyl sites for hydroxylation is 1. The number of anilines is 1. The predicted molar refractivity (Wildman–Crippen MR) is 123 cm³/mol. The highest BCUT2D eigenvalue weighted by Gasteiger charge is 2.22.